The van der Waals surface area contributed by atoms with Crippen LogP contribution in [0.3, 0.4) is 0 Å². The lowest BCUT2D eigenvalue weighted by Crippen LogP contribution is -2.15. The lowest BCUT2D eigenvalue weighted by Gasteiger charge is -2.22. The van der Waals surface area contributed by atoms with E-state index >= 15 is 0 Å². The highest BCUT2D eigenvalue weighted by molar-refractivity contribution is 6.31. The van der Waals surface area contributed by atoms with E-state index in [-0.39, 0.29) is 46.7 Å². The maximum atomic E-state index is 13.3. The topological polar surface area (TPSA) is 154 Å². The van der Waals surface area contributed by atoms with E-state index in [9.17, 15) is 19.8 Å². The van der Waals surface area contributed by atoms with Crippen LogP contribution >= 0.6 is 23.2 Å². The van der Waals surface area contributed by atoms with Crippen molar-refractivity contribution in [3.8, 4) is 22.9 Å². The zero-order chi connectivity index (χ0) is 40.1. The molecule has 0 fully saturated rings. The van der Waals surface area contributed by atoms with Gasteiger partial charge in [-0.15, -0.1) is 30.0 Å². The first-order valence-corrected chi connectivity index (χ1v) is 18.4. The van der Waals surface area contributed by atoms with Gasteiger partial charge < -0.3 is 19.7 Å². The van der Waals surface area contributed by atoms with E-state index in [0.717, 1.165) is 11.1 Å². The molecule has 0 saturated carbocycles. The number of carbonyl (C=O) groups is 2. The molecule has 0 amide bonds. The van der Waals surface area contributed by atoms with E-state index < -0.39 is 11.9 Å². The van der Waals surface area contributed by atoms with Crippen LogP contribution in [0.5, 0.6) is 11.5 Å². The number of ether oxygens (including phenoxy) is 2. The van der Waals surface area contributed by atoms with Crippen LogP contribution in [-0.4, -0.2) is 52.1 Å². The van der Waals surface area contributed by atoms with E-state index in [1.807, 2.05) is 41.5 Å². The highest BCUT2D eigenvalue weighted by atomic mass is 35.5. The summed E-state index contributed by atoms with van der Waals surface area (Å²) >= 11 is 12.3. The molecule has 0 spiro atoms. The van der Waals surface area contributed by atoms with E-state index in [4.69, 9.17) is 32.7 Å². The average Bonchev–Trinajstić information content (AvgIpc) is 3.76. The Labute approximate surface area is 332 Å². The number of aromatic hydroxyl groups is 2. The maximum Gasteiger partial charge on any atom is 0.338 e. The molecule has 7 aromatic rings. The van der Waals surface area contributed by atoms with Crippen LogP contribution in [0, 0.1) is 0 Å². The molecule has 0 aliphatic carbocycles. The van der Waals surface area contributed by atoms with Crippen molar-refractivity contribution in [2.24, 2.45) is 0 Å². The van der Waals surface area contributed by atoms with Gasteiger partial charge in [0.25, 0.3) is 0 Å². The number of aromatic nitrogens is 6. The summed E-state index contributed by atoms with van der Waals surface area (Å²) < 4.78 is 11.3. The van der Waals surface area contributed by atoms with Crippen LogP contribution in [0.25, 0.3) is 33.4 Å². The number of phenols is 2. The molecule has 0 radical (unpaired) electrons. The Morgan fingerprint density at radius 3 is 1.36 bits per heavy atom. The van der Waals surface area contributed by atoms with Gasteiger partial charge in [-0.05, 0) is 101 Å². The summed E-state index contributed by atoms with van der Waals surface area (Å²) in [5, 5.41) is 41.8. The van der Waals surface area contributed by atoms with Crippen LogP contribution in [0.4, 0.5) is 0 Å². The normalized spacial score (nSPS) is 12.0. The van der Waals surface area contributed by atoms with E-state index in [1.165, 1.54) is 27.8 Å². The summed E-state index contributed by atoms with van der Waals surface area (Å²) in [6.45, 7) is 11.6. The molecular formula is C42H38Cl2N6O6. The summed E-state index contributed by atoms with van der Waals surface area (Å²) in [5.41, 5.74) is 4.82. The fourth-order valence-electron chi connectivity index (χ4n) is 5.96. The summed E-state index contributed by atoms with van der Waals surface area (Å²) in [7, 11) is 0. The molecule has 0 bridgehead atoms. The monoisotopic (exact) mass is 792 g/mol. The van der Waals surface area contributed by atoms with E-state index in [2.05, 4.69) is 20.4 Å². The molecule has 286 valence electrons. The second-order valence-electron chi connectivity index (χ2n) is 15.5. The Morgan fingerprint density at radius 2 is 0.964 bits per heavy atom. The Bertz CT molecular complexity index is 2490. The zero-order valence-corrected chi connectivity index (χ0v) is 33.0. The summed E-state index contributed by atoms with van der Waals surface area (Å²) in [5.74, 6) is -1.75. The standard InChI is InChI=1S/C42H38Cl2N6O6/c1-41(2,3)27-15-25(37(51)35(17-27)49-45-31-12-10-29(43)19-33(31)47-49)21-55-39(53)23-8-7-9-24(14-23)40(54)56-22-26-16-28(42(4,5)6)18-36(38(26)52)50-46-32-13-11-30(44)20-34(32)48-50/h7-20,51-52H,21-22H2,1-6H3. The largest absolute Gasteiger partial charge is 0.505 e. The van der Waals surface area contributed by atoms with Crippen LogP contribution in [0.2, 0.25) is 10.0 Å². The summed E-state index contributed by atoms with van der Waals surface area (Å²) in [4.78, 5) is 29.4. The Morgan fingerprint density at radius 1 is 0.571 bits per heavy atom. The van der Waals surface area contributed by atoms with Crippen molar-refractivity contribution in [3.05, 3.63) is 128 Å². The molecular weight excluding hydrogens is 755 g/mol. The third-order valence-corrected chi connectivity index (χ3v) is 9.71. The molecule has 0 aliphatic heterocycles. The number of fused-ring (bicyclic) bond motifs is 2. The number of hydrogen-bond donors (Lipinski definition) is 2. The van der Waals surface area contributed by atoms with E-state index in [1.54, 1.807) is 66.7 Å². The summed E-state index contributed by atoms with van der Waals surface area (Å²) in [6.07, 6.45) is 0. The molecule has 2 heterocycles. The third kappa shape index (κ3) is 7.89. The molecule has 2 aromatic heterocycles. The molecule has 14 heteroatoms. The van der Waals surface area contributed by atoms with Crippen molar-refractivity contribution in [2.75, 3.05) is 0 Å². The number of nitrogens with zero attached hydrogens (tertiary/aromatic N) is 6. The van der Waals surface area contributed by atoms with Gasteiger partial charge >= 0.3 is 11.9 Å². The van der Waals surface area contributed by atoms with Gasteiger partial charge in [-0.2, -0.15) is 0 Å². The minimum Gasteiger partial charge on any atom is -0.505 e. The lowest BCUT2D eigenvalue weighted by atomic mass is 9.85. The van der Waals surface area contributed by atoms with Gasteiger partial charge in [0, 0.05) is 21.2 Å². The number of rotatable bonds is 8. The zero-order valence-electron chi connectivity index (χ0n) is 31.5. The highest BCUT2D eigenvalue weighted by Gasteiger charge is 2.24. The van der Waals surface area contributed by atoms with Crippen LogP contribution in [-0.2, 0) is 33.5 Å². The molecule has 0 unspecified atom stereocenters. The quantitative estimate of drug-likeness (QED) is 0.142. The molecule has 12 nitrogen and oxygen atoms in total. The van der Waals surface area contributed by atoms with Crippen molar-refractivity contribution in [2.45, 2.75) is 65.6 Å². The number of hydrogen-bond acceptors (Lipinski definition) is 10. The smallest absolute Gasteiger partial charge is 0.338 e. The maximum absolute atomic E-state index is 13.3. The van der Waals surface area contributed by atoms with Gasteiger partial charge in [0.05, 0.1) is 11.1 Å². The van der Waals surface area contributed by atoms with Gasteiger partial charge in [0.2, 0.25) is 0 Å². The first-order valence-electron chi connectivity index (χ1n) is 17.7. The molecule has 5 aromatic carbocycles. The number of halogens is 2. The predicted molar refractivity (Wildman–Crippen MR) is 213 cm³/mol. The third-order valence-electron chi connectivity index (χ3n) is 9.24. The fraction of sp³-hybridized carbons (Fsp3) is 0.238. The van der Waals surface area contributed by atoms with Crippen LogP contribution < -0.4 is 0 Å². The second-order valence-corrected chi connectivity index (χ2v) is 16.4. The summed E-state index contributed by atoms with van der Waals surface area (Å²) in [6, 6.07) is 23.3. The molecule has 56 heavy (non-hydrogen) atoms. The predicted octanol–water partition coefficient (Wildman–Crippen LogP) is 9.18. The van der Waals surface area contributed by atoms with Crippen molar-refractivity contribution in [3.63, 3.8) is 0 Å². The molecule has 2 N–H and O–H groups in total. The minimum absolute atomic E-state index is 0.0970. The molecule has 7 rings (SSSR count). The van der Waals surface area contributed by atoms with Crippen molar-refractivity contribution < 1.29 is 29.3 Å². The Balaban J connectivity index is 1.09. The van der Waals surface area contributed by atoms with Crippen molar-refractivity contribution in [1.82, 2.24) is 30.0 Å². The molecule has 0 atom stereocenters. The van der Waals surface area contributed by atoms with Gasteiger partial charge in [0.15, 0.2) is 0 Å². The Kier molecular flexibility index (Phi) is 9.98. The number of esters is 2. The number of carbonyl (C=O) groups excluding carboxylic acids is 2. The van der Waals surface area contributed by atoms with Gasteiger partial charge in [-0.25, -0.2) is 9.59 Å². The lowest BCUT2D eigenvalue weighted by molar-refractivity contribution is 0.0468. The minimum atomic E-state index is -0.722. The van der Waals surface area contributed by atoms with Gasteiger partial charge in [-0.1, -0.05) is 70.8 Å². The van der Waals surface area contributed by atoms with Crippen LogP contribution in [0.15, 0.2) is 84.9 Å². The van der Waals surface area contributed by atoms with Crippen LogP contribution in [0.1, 0.15) is 84.5 Å². The average molecular weight is 794 g/mol. The highest BCUT2D eigenvalue weighted by Crippen LogP contribution is 2.36. The second kappa shape index (κ2) is 14.6. The van der Waals surface area contributed by atoms with Gasteiger partial charge in [-0.3, -0.25) is 0 Å². The first kappa shape index (κ1) is 38.3. The van der Waals surface area contributed by atoms with E-state index in [0.29, 0.717) is 54.6 Å². The molecule has 0 aliphatic rings. The fourth-order valence-corrected chi connectivity index (χ4v) is 6.30. The Hall–Kier alpha value is -5.98. The first-order chi connectivity index (χ1) is 26.4. The van der Waals surface area contributed by atoms with Crippen molar-refractivity contribution in [1.29, 1.82) is 0 Å². The number of benzene rings is 5. The molecule has 0 saturated heterocycles. The SMILES string of the molecule is CC(C)(C)c1cc(COC(=O)c2cccc(C(=O)OCc3cc(C(C)(C)C)cc(-n4nc5ccc(Cl)cc5n4)c3O)c2)c(O)c(-n2nc3ccc(Cl)cc3n2)c1. The number of phenolic OH excluding ortho intramolecular Hbond substituents is 2. The van der Waals surface area contributed by atoms with Crippen molar-refractivity contribution >= 4 is 57.2 Å². The van der Waals surface area contributed by atoms with Gasteiger partial charge in [0.1, 0.15) is 58.2 Å².